The lowest BCUT2D eigenvalue weighted by molar-refractivity contribution is 0.561. The van der Waals surface area contributed by atoms with Gasteiger partial charge in [-0.2, -0.15) is 0 Å². The summed E-state index contributed by atoms with van der Waals surface area (Å²) in [5.41, 5.74) is 2.80. The van der Waals surface area contributed by atoms with Gasteiger partial charge < -0.3 is 31.9 Å². The first kappa shape index (κ1) is 51.8. The van der Waals surface area contributed by atoms with E-state index in [-0.39, 0.29) is 74.4 Å². The second-order valence-electron chi connectivity index (χ2n) is 9.82. The fourth-order valence-corrected chi connectivity index (χ4v) is 4.53. The largest absolute Gasteiger partial charge is 0.320 e. The topological polar surface area (TPSA) is 72.2 Å². The zero-order valence-electron chi connectivity index (χ0n) is 25.6. The van der Waals surface area contributed by atoms with E-state index >= 15 is 0 Å². The van der Waals surface area contributed by atoms with Crippen LogP contribution in [0.1, 0.15) is 62.5 Å². The van der Waals surface area contributed by atoms with Gasteiger partial charge in [0.25, 0.3) is 0 Å². The Labute approximate surface area is 294 Å². The van der Waals surface area contributed by atoms with Gasteiger partial charge in [0.2, 0.25) is 0 Å². The molecule has 0 aromatic heterocycles. The first-order valence-corrected chi connectivity index (χ1v) is 14.5. The van der Waals surface area contributed by atoms with Crippen LogP contribution in [0.5, 0.6) is 0 Å². The molecule has 2 rings (SSSR count). The number of benzene rings is 2. The predicted molar refractivity (Wildman–Crippen MR) is 201 cm³/mol. The summed E-state index contributed by atoms with van der Waals surface area (Å²) in [6, 6.07) is 13.5. The first-order chi connectivity index (χ1) is 17.9. The lowest BCUT2D eigenvalue weighted by Crippen LogP contribution is -2.21. The summed E-state index contributed by atoms with van der Waals surface area (Å²) < 4.78 is 0. The van der Waals surface area contributed by atoms with E-state index in [1.54, 1.807) is 0 Å². The summed E-state index contributed by atoms with van der Waals surface area (Å²) in [4.78, 5) is 0. The van der Waals surface area contributed by atoms with Crippen LogP contribution in [0.25, 0.3) is 10.8 Å². The van der Waals surface area contributed by atoms with Crippen molar-refractivity contribution in [2.45, 2.75) is 64.5 Å². The van der Waals surface area contributed by atoms with E-state index in [0.29, 0.717) is 0 Å². The number of halogens is 6. The molecule has 2 aromatic rings. The summed E-state index contributed by atoms with van der Waals surface area (Å²) in [7, 11) is 4.04. The van der Waals surface area contributed by atoms with E-state index in [4.69, 9.17) is 0 Å². The molecule has 6 N–H and O–H groups in total. The van der Waals surface area contributed by atoms with Gasteiger partial charge in [-0.1, -0.05) is 36.4 Å². The van der Waals surface area contributed by atoms with Crippen molar-refractivity contribution in [2.75, 3.05) is 66.5 Å². The summed E-state index contributed by atoms with van der Waals surface area (Å²) in [6.07, 6.45) is 9.92. The monoisotopic (exact) mass is 714 g/mol. The molecule has 0 spiro atoms. The van der Waals surface area contributed by atoms with Crippen molar-refractivity contribution in [3.05, 3.63) is 47.5 Å². The Bertz CT molecular complexity index is 741. The highest BCUT2D eigenvalue weighted by Gasteiger charge is 2.05. The molecule has 0 atom stereocenters. The summed E-state index contributed by atoms with van der Waals surface area (Å²) in [6.45, 7) is 10.8. The van der Waals surface area contributed by atoms with Crippen LogP contribution in [0.2, 0.25) is 0 Å². The standard InChI is InChI=1S/C30H54N6.6ClH/c1-31-17-5-7-19-33-21-9-11-23-35-25-27-15-16-28(30-14-4-3-13-29(27)30)26-36-24-12-10-22-34-20-8-6-18-32-2;;;;;;/h3-4,13-16,31-36H,5-12,17-26H2,1-2H3;6*1H. The number of nitrogens with one attached hydrogen (secondary N) is 6. The van der Waals surface area contributed by atoms with Crippen LogP contribution in [-0.2, 0) is 13.1 Å². The lowest BCUT2D eigenvalue weighted by Gasteiger charge is -2.13. The van der Waals surface area contributed by atoms with Crippen LogP contribution in [0.15, 0.2) is 36.4 Å². The summed E-state index contributed by atoms with van der Waals surface area (Å²) in [5, 5.41) is 23.6. The highest BCUT2D eigenvalue weighted by Crippen LogP contribution is 2.23. The van der Waals surface area contributed by atoms with Gasteiger partial charge in [-0.3, -0.25) is 0 Å². The maximum absolute atomic E-state index is 3.66. The number of fused-ring (bicyclic) bond motifs is 1. The molecule has 42 heavy (non-hydrogen) atoms. The van der Waals surface area contributed by atoms with Crippen LogP contribution in [0.4, 0.5) is 0 Å². The van der Waals surface area contributed by atoms with Crippen molar-refractivity contribution in [3.63, 3.8) is 0 Å². The summed E-state index contributed by atoms with van der Waals surface area (Å²) >= 11 is 0. The number of unbranched alkanes of at least 4 members (excludes halogenated alkanes) is 4. The molecule has 12 heteroatoms. The predicted octanol–water partition coefficient (Wildman–Crippen LogP) is 6.29. The van der Waals surface area contributed by atoms with Gasteiger partial charge >= 0.3 is 0 Å². The maximum atomic E-state index is 3.66. The van der Waals surface area contributed by atoms with Crippen molar-refractivity contribution in [1.82, 2.24) is 31.9 Å². The minimum Gasteiger partial charge on any atom is -0.320 e. The number of hydrogen-bond donors (Lipinski definition) is 6. The fraction of sp³-hybridized carbons (Fsp3) is 0.667. The van der Waals surface area contributed by atoms with Gasteiger partial charge in [-0.25, -0.2) is 0 Å². The Morgan fingerprint density at radius 1 is 0.381 bits per heavy atom. The van der Waals surface area contributed by atoms with E-state index in [2.05, 4.69) is 68.3 Å². The molecule has 0 bridgehead atoms. The molecule has 2 aromatic carbocycles. The molecule has 6 nitrogen and oxygen atoms in total. The lowest BCUT2D eigenvalue weighted by atomic mass is 9.99. The van der Waals surface area contributed by atoms with Crippen LogP contribution >= 0.6 is 74.4 Å². The van der Waals surface area contributed by atoms with E-state index in [0.717, 1.165) is 65.4 Å². The van der Waals surface area contributed by atoms with Gasteiger partial charge in [0, 0.05) is 13.1 Å². The zero-order valence-corrected chi connectivity index (χ0v) is 30.5. The molecular formula is C30H60Cl6N6. The van der Waals surface area contributed by atoms with E-state index in [1.165, 1.54) is 73.3 Å². The Morgan fingerprint density at radius 3 is 0.976 bits per heavy atom. The normalized spacial score (nSPS) is 9.86. The SMILES string of the molecule is CNCCCCNCCCCNCc1ccc(CNCCCCNCCCCNC)c2ccccc12.Cl.Cl.Cl.Cl.Cl.Cl. The van der Waals surface area contributed by atoms with Crippen LogP contribution < -0.4 is 31.9 Å². The fourth-order valence-electron chi connectivity index (χ4n) is 4.53. The average molecular weight is 718 g/mol. The molecule has 0 aliphatic heterocycles. The van der Waals surface area contributed by atoms with E-state index in [9.17, 15) is 0 Å². The van der Waals surface area contributed by atoms with Gasteiger partial charge in [-0.15, -0.1) is 74.4 Å². The molecule has 0 saturated heterocycles. The van der Waals surface area contributed by atoms with Crippen molar-refractivity contribution >= 4 is 85.2 Å². The van der Waals surface area contributed by atoms with Gasteiger partial charge in [0.05, 0.1) is 0 Å². The third-order valence-corrected chi connectivity index (χ3v) is 6.71. The molecule has 0 unspecified atom stereocenters. The van der Waals surface area contributed by atoms with Gasteiger partial charge in [0.1, 0.15) is 0 Å². The van der Waals surface area contributed by atoms with E-state index in [1.807, 2.05) is 14.1 Å². The number of rotatable bonds is 24. The van der Waals surface area contributed by atoms with Crippen molar-refractivity contribution in [1.29, 1.82) is 0 Å². The first-order valence-electron chi connectivity index (χ1n) is 14.5. The van der Waals surface area contributed by atoms with Gasteiger partial charge in [-0.05, 0) is 140 Å². The Balaban J connectivity index is -0.000000761. The highest BCUT2D eigenvalue weighted by atomic mass is 35.5. The van der Waals surface area contributed by atoms with Crippen LogP contribution in [0.3, 0.4) is 0 Å². The van der Waals surface area contributed by atoms with Crippen LogP contribution in [-0.4, -0.2) is 66.5 Å². The highest BCUT2D eigenvalue weighted by molar-refractivity contribution is 5.88. The maximum Gasteiger partial charge on any atom is 0.0211 e. The van der Waals surface area contributed by atoms with Gasteiger partial charge in [0.15, 0.2) is 0 Å². The molecule has 0 radical (unpaired) electrons. The van der Waals surface area contributed by atoms with Crippen molar-refractivity contribution in [2.24, 2.45) is 0 Å². The molecule has 0 heterocycles. The minimum absolute atomic E-state index is 0. The average Bonchev–Trinajstić information content (AvgIpc) is 2.91. The second-order valence-corrected chi connectivity index (χ2v) is 9.82. The third kappa shape index (κ3) is 24.5. The molecule has 0 saturated carbocycles. The van der Waals surface area contributed by atoms with Crippen molar-refractivity contribution in [3.8, 4) is 0 Å². The van der Waals surface area contributed by atoms with Crippen LogP contribution in [0, 0.1) is 0 Å². The minimum atomic E-state index is 0. The molecule has 0 aliphatic carbocycles. The summed E-state index contributed by atoms with van der Waals surface area (Å²) in [5.74, 6) is 0. The number of hydrogen-bond acceptors (Lipinski definition) is 6. The quantitative estimate of drug-likeness (QED) is 0.0719. The molecule has 0 aliphatic rings. The Kier molecular flexibility index (Phi) is 46.1. The molecule has 0 fully saturated rings. The van der Waals surface area contributed by atoms with Crippen molar-refractivity contribution < 1.29 is 0 Å². The smallest absolute Gasteiger partial charge is 0.0211 e. The molecule has 252 valence electrons. The molecule has 0 amide bonds. The second kappa shape index (κ2) is 37.4. The Morgan fingerprint density at radius 2 is 0.667 bits per heavy atom. The molecular weight excluding hydrogens is 657 g/mol. The Hall–Kier alpha value is 0.200. The zero-order chi connectivity index (χ0) is 25.5. The third-order valence-electron chi connectivity index (χ3n) is 6.71. The van der Waals surface area contributed by atoms with E-state index < -0.39 is 0 Å².